The number of aromatic carboxylic acids is 1. The lowest BCUT2D eigenvalue weighted by Gasteiger charge is -2.12. The van der Waals surface area contributed by atoms with E-state index in [0.717, 1.165) is 10.0 Å². The van der Waals surface area contributed by atoms with Crippen LogP contribution in [0.15, 0.2) is 24.3 Å². The first-order valence-corrected chi connectivity index (χ1v) is 7.99. The van der Waals surface area contributed by atoms with Gasteiger partial charge in [-0.1, -0.05) is 44.2 Å². The summed E-state index contributed by atoms with van der Waals surface area (Å²) in [6, 6.07) is 6.37. The van der Waals surface area contributed by atoms with Crippen LogP contribution in [-0.4, -0.2) is 27.2 Å². The van der Waals surface area contributed by atoms with Crippen LogP contribution >= 0.6 is 11.3 Å². The van der Waals surface area contributed by atoms with Gasteiger partial charge in [-0.2, -0.15) is 0 Å². The van der Waals surface area contributed by atoms with Gasteiger partial charge >= 0.3 is 5.97 Å². The van der Waals surface area contributed by atoms with E-state index >= 15 is 0 Å². The lowest BCUT2D eigenvalue weighted by Crippen LogP contribution is -2.24. The zero-order valence-corrected chi connectivity index (χ0v) is 14.1. The van der Waals surface area contributed by atoms with Crippen LogP contribution in [0.1, 0.15) is 46.7 Å². The first-order valence-electron chi connectivity index (χ1n) is 7.17. The van der Waals surface area contributed by atoms with Gasteiger partial charge < -0.3 is 10.4 Å². The molecule has 2 rings (SSSR count). The number of carbonyl (C=O) groups excluding carboxylic acids is 1. The highest BCUT2D eigenvalue weighted by Gasteiger charge is 2.19. The van der Waals surface area contributed by atoms with Crippen LogP contribution < -0.4 is 5.32 Å². The highest BCUT2D eigenvalue weighted by Crippen LogP contribution is 2.25. The molecule has 0 aliphatic rings. The summed E-state index contributed by atoms with van der Waals surface area (Å²) < 4.78 is 0. The Labute approximate surface area is 138 Å². The normalized spacial score (nSPS) is 11.3. The van der Waals surface area contributed by atoms with Gasteiger partial charge in [0.1, 0.15) is 10.0 Å². The maximum absolute atomic E-state index is 12.0. The largest absolute Gasteiger partial charge is 0.478 e. The summed E-state index contributed by atoms with van der Waals surface area (Å²) in [4.78, 5) is 22.9. The Hall–Kier alpha value is -2.28. The second kappa shape index (κ2) is 6.87. The summed E-state index contributed by atoms with van der Waals surface area (Å²) in [5.74, 6) is -1.18. The molecule has 0 bridgehead atoms. The Bertz CT molecular complexity index is 719. The molecule has 23 heavy (non-hydrogen) atoms. The van der Waals surface area contributed by atoms with E-state index in [1.165, 1.54) is 23.5 Å². The van der Waals surface area contributed by atoms with Gasteiger partial charge in [-0.05, 0) is 17.7 Å². The Kier molecular flexibility index (Phi) is 5.10. The van der Waals surface area contributed by atoms with E-state index in [0.29, 0.717) is 12.1 Å². The number of carbonyl (C=O) groups is 2. The maximum Gasteiger partial charge on any atom is 0.335 e. The van der Waals surface area contributed by atoms with Gasteiger partial charge in [0, 0.05) is 5.41 Å². The van der Waals surface area contributed by atoms with Crippen LogP contribution in [0.25, 0.3) is 0 Å². The van der Waals surface area contributed by atoms with Gasteiger partial charge in [-0.25, -0.2) is 4.79 Å². The molecule has 0 atom stereocenters. The number of aromatic nitrogens is 2. The predicted molar refractivity (Wildman–Crippen MR) is 87.6 cm³/mol. The first kappa shape index (κ1) is 17.1. The van der Waals surface area contributed by atoms with Crippen LogP contribution in [-0.2, 0) is 23.2 Å². The van der Waals surface area contributed by atoms with Crippen molar-refractivity contribution in [3.05, 3.63) is 45.4 Å². The number of benzene rings is 1. The smallest absolute Gasteiger partial charge is 0.335 e. The number of nitrogens with one attached hydrogen (secondary N) is 1. The molecule has 0 saturated carbocycles. The molecule has 1 amide bonds. The third-order valence-corrected chi connectivity index (χ3v) is 4.43. The van der Waals surface area contributed by atoms with E-state index in [1.54, 1.807) is 12.1 Å². The number of hydrogen-bond donors (Lipinski definition) is 2. The summed E-state index contributed by atoms with van der Waals surface area (Å²) in [5, 5.41) is 21.6. The topological polar surface area (TPSA) is 92.2 Å². The van der Waals surface area contributed by atoms with Gasteiger partial charge in [-0.3, -0.25) is 4.79 Å². The lowest BCUT2D eigenvalue weighted by molar-refractivity contribution is -0.120. The quantitative estimate of drug-likeness (QED) is 0.876. The van der Waals surface area contributed by atoms with E-state index < -0.39 is 5.97 Å². The third-order valence-electron chi connectivity index (χ3n) is 3.08. The standard InChI is InChI=1S/C16H19N3O3S/c1-16(2,3)15-19-18-13(23-15)9-17-12(20)8-10-5-4-6-11(7-10)14(21)22/h4-7H,8-9H2,1-3H3,(H,17,20)(H,21,22). The number of nitrogens with zero attached hydrogens (tertiary/aromatic N) is 2. The van der Waals surface area contributed by atoms with Crippen LogP contribution in [0, 0.1) is 0 Å². The summed E-state index contributed by atoms with van der Waals surface area (Å²) in [7, 11) is 0. The fraction of sp³-hybridized carbons (Fsp3) is 0.375. The number of amides is 1. The van der Waals surface area contributed by atoms with Gasteiger partial charge in [0.25, 0.3) is 0 Å². The molecular formula is C16H19N3O3S. The van der Waals surface area contributed by atoms with E-state index in [1.807, 2.05) is 0 Å². The maximum atomic E-state index is 12.0. The van der Waals surface area contributed by atoms with Crippen molar-refractivity contribution < 1.29 is 14.7 Å². The molecule has 2 N–H and O–H groups in total. The van der Waals surface area contributed by atoms with Crippen molar-refractivity contribution in [2.24, 2.45) is 0 Å². The van der Waals surface area contributed by atoms with Crippen LogP contribution in [0.5, 0.6) is 0 Å². The van der Waals surface area contributed by atoms with Crippen molar-refractivity contribution in [3.63, 3.8) is 0 Å². The molecule has 0 spiro atoms. The molecule has 1 heterocycles. The molecule has 7 heteroatoms. The van der Waals surface area contributed by atoms with E-state index in [-0.39, 0.29) is 23.3 Å². The summed E-state index contributed by atoms with van der Waals surface area (Å²) >= 11 is 1.48. The highest BCUT2D eigenvalue weighted by molar-refractivity contribution is 7.11. The molecule has 1 aromatic heterocycles. The van der Waals surface area contributed by atoms with Gasteiger partial charge in [0.15, 0.2) is 0 Å². The molecule has 0 aliphatic heterocycles. The number of hydrogen-bond acceptors (Lipinski definition) is 5. The second-order valence-electron chi connectivity index (χ2n) is 6.21. The van der Waals surface area contributed by atoms with Crippen LogP contribution in [0.3, 0.4) is 0 Å². The molecule has 0 saturated heterocycles. The molecule has 1 aromatic carbocycles. The zero-order valence-electron chi connectivity index (χ0n) is 13.3. The molecule has 0 unspecified atom stereocenters. The molecule has 2 aromatic rings. The highest BCUT2D eigenvalue weighted by atomic mass is 32.1. The summed E-state index contributed by atoms with van der Waals surface area (Å²) in [6.45, 7) is 6.51. The summed E-state index contributed by atoms with van der Waals surface area (Å²) in [5.41, 5.74) is 0.779. The first-order chi connectivity index (χ1) is 10.8. The SMILES string of the molecule is CC(C)(C)c1nnc(CNC(=O)Cc2cccc(C(=O)O)c2)s1. The average Bonchev–Trinajstić information content (AvgIpc) is 2.94. The van der Waals surface area contributed by atoms with Gasteiger partial charge in [0.2, 0.25) is 5.91 Å². The minimum atomic E-state index is -1.00. The number of carboxylic acid groups (broad SMARTS) is 1. The van der Waals surface area contributed by atoms with Crippen molar-refractivity contribution in [3.8, 4) is 0 Å². The van der Waals surface area contributed by atoms with Crippen LogP contribution in [0.2, 0.25) is 0 Å². The minimum Gasteiger partial charge on any atom is -0.478 e. The molecule has 6 nitrogen and oxygen atoms in total. The molecule has 0 aliphatic carbocycles. The molecule has 0 radical (unpaired) electrons. The van der Waals surface area contributed by atoms with Crippen molar-refractivity contribution in [1.29, 1.82) is 0 Å². The second-order valence-corrected chi connectivity index (χ2v) is 7.27. The third kappa shape index (κ3) is 4.85. The predicted octanol–water partition coefficient (Wildman–Crippen LogP) is 2.39. The lowest BCUT2D eigenvalue weighted by atomic mass is 9.98. The fourth-order valence-electron chi connectivity index (χ4n) is 1.86. The van der Waals surface area contributed by atoms with E-state index in [2.05, 4.69) is 36.3 Å². The van der Waals surface area contributed by atoms with Crippen molar-refractivity contribution in [1.82, 2.24) is 15.5 Å². The number of carboxylic acids is 1. The van der Waals surface area contributed by atoms with Crippen molar-refractivity contribution in [2.75, 3.05) is 0 Å². The Morgan fingerprint density at radius 3 is 2.61 bits per heavy atom. The van der Waals surface area contributed by atoms with Gasteiger partial charge in [0.05, 0.1) is 18.5 Å². The summed E-state index contributed by atoms with van der Waals surface area (Å²) in [6.07, 6.45) is 0.131. The molecular weight excluding hydrogens is 314 g/mol. The van der Waals surface area contributed by atoms with Crippen molar-refractivity contribution in [2.45, 2.75) is 39.2 Å². The molecule has 122 valence electrons. The Morgan fingerprint density at radius 2 is 2.00 bits per heavy atom. The van der Waals surface area contributed by atoms with E-state index in [4.69, 9.17) is 5.11 Å². The number of rotatable bonds is 5. The van der Waals surface area contributed by atoms with E-state index in [9.17, 15) is 9.59 Å². The monoisotopic (exact) mass is 333 g/mol. The Morgan fingerprint density at radius 1 is 1.26 bits per heavy atom. The van der Waals surface area contributed by atoms with Crippen molar-refractivity contribution >= 4 is 23.2 Å². The average molecular weight is 333 g/mol. The Balaban J connectivity index is 1.91. The minimum absolute atomic E-state index is 0.0583. The van der Waals surface area contributed by atoms with Gasteiger partial charge in [-0.15, -0.1) is 10.2 Å². The van der Waals surface area contributed by atoms with Crippen LogP contribution in [0.4, 0.5) is 0 Å². The molecule has 0 fully saturated rings. The zero-order chi connectivity index (χ0) is 17.0. The fourth-order valence-corrected chi connectivity index (χ4v) is 2.70.